The molecule has 5 heteroatoms. The molecule has 0 saturated carbocycles. The minimum absolute atomic E-state index is 0.0250. The lowest BCUT2D eigenvalue weighted by Gasteiger charge is -2.07. The Kier molecular flexibility index (Phi) is 5.13. The lowest BCUT2D eigenvalue weighted by molar-refractivity contribution is -0.142. The van der Waals surface area contributed by atoms with Crippen molar-refractivity contribution in [3.8, 4) is 0 Å². The molecule has 0 bridgehead atoms. The molecule has 0 atom stereocenters. The van der Waals surface area contributed by atoms with Crippen LogP contribution in [0.2, 0.25) is 0 Å². The van der Waals surface area contributed by atoms with Gasteiger partial charge in [0.05, 0.1) is 30.9 Å². The van der Waals surface area contributed by atoms with Crippen LogP contribution >= 0.6 is 0 Å². The third kappa shape index (κ3) is 3.86. The fourth-order valence-electron chi connectivity index (χ4n) is 1.32. The van der Waals surface area contributed by atoms with Crippen LogP contribution < -0.4 is 0 Å². The molecular formula is C12H15NO4. The van der Waals surface area contributed by atoms with Crippen molar-refractivity contribution in [2.45, 2.75) is 20.3 Å². The molecule has 0 amide bonds. The van der Waals surface area contributed by atoms with E-state index >= 15 is 0 Å². The van der Waals surface area contributed by atoms with E-state index in [1.54, 1.807) is 26.0 Å². The summed E-state index contributed by atoms with van der Waals surface area (Å²) in [5, 5.41) is 0. The Hall–Kier alpha value is -1.91. The first-order valence-corrected chi connectivity index (χ1v) is 5.45. The second-order valence-electron chi connectivity index (χ2n) is 3.20. The highest BCUT2D eigenvalue weighted by Gasteiger charge is 2.16. The molecule has 0 radical (unpaired) electrons. The number of ether oxygens (including phenoxy) is 2. The van der Waals surface area contributed by atoms with Crippen LogP contribution in [0.3, 0.4) is 0 Å². The van der Waals surface area contributed by atoms with E-state index in [4.69, 9.17) is 9.47 Å². The van der Waals surface area contributed by atoms with Crippen LogP contribution in [-0.2, 0) is 20.7 Å². The Morgan fingerprint density at radius 3 is 2.59 bits per heavy atom. The standard InChI is InChI=1S/C12H15NO4/c1-3-16-11(14)8-10-9(6-5-7-13-10)12(15)17-4-2/h5-7H,3-4,8H2,1-2H3. The summed E-state index contributed by atoms with van der Waals surface area (Å²) < 4.78 is 9.69. The summed E-state index contributed by atoms with van der Waals surface area (Å²) in [5.41, 5.74) is 0.687. The number of aromatic nitrogens is 1. The molecule has 0 unspecified atom stereocenters. The SMILES string of the molecule is CCOC(=O)Cc1ncccc1C(=O)OCC. The molecular weight excluding hydrogens is 222 g/mol. The topological polar surface area (TPSA) is 65.5 Å². The highest BCUT2D eigenvalue weighted by atomic mass is 16.5. The van der Waals surface area contributed by atoms with Gasteiger partial charge in [0.15, 0.2) is 0 Å². The first-order chi connectivity index (χ1) is 8.19. The van der Waals surface area contributed by atoms with Crippen LogP contribution in [0.5, 0.6) is 0 Å². The molecule has 0 aliphatic heterocycles. The summed E-state index contributed by atoms with van der Waals surface area (Å²) in [6, 6.07) is 3.21. The molecule has 5 nitrogen and oxygen atoms in total. The quantitative estimate of drug-likeness (QED) is 0.723. The number of hydrogen-bond donors (Lipinski definition) is 0. The van der Waals surface area contributed by atoms with Gasteiger partial charge in [-0.25, -0.2) is 4.79 Å². The van der Waals surface area contributed by atoms with Crippen LogP contribution in [0.25, 0.3) is 0 Å². The van der Waals surface area contributed by atoms with Gasteiger partial charge in [0.1, 0.15) is 0 Å². The molecule has 0 N–H and O–H groups in total. The predicted octanol–water partition coefficient (Wildman–Crippen LogP) is 1.36. The number of carbonyl (C=O) groups is 2. The maximum atomic E-state index is 11.6. The molecule has 1 aromatic heterocycles. The predicted molar refractivity (Wildman–Crippen MR) is 60.5 cm³/mol. The Bertz CT molecular complexity index is 403. The van der Waals surface area contributed by atoms with Crippen molar-refractivity contribution in [3.05, 3.63) is 29.6 Å². The molecule has 0 saturated heterocycles. The zero-order chi connectivity index (χ0) is 12.7. The number of rotatable bonds is 5. The highest BCUT2D eigenvalue weighted by molar-refractivity contribution is 5.91. The Morgan fingerprint density at radius 2 is 1.94 bits per heavy atom. The third-order valence-electron chi connectivity index (χ3n) is 2.00. The van der Waals surface area contributed by atoms with E-state index in [9.17, 15) is 9.59 Å². The van der Waals surface area contributed by atoms with Gasteiger partial charge >= 0.3 is 11.9 Å². The zero-order valence-corrected chi connectivity index (χ0v) is 9.93. The van der Waals surface area contributed by atoms with E-state index in [0.29, 0.717) is 17.9 Å². The third-order valence-corrected chi connectivity index (χ3v) is 2.00. The van der Waals surface area contributed by atoms with Crippen molar-refractivity contribution in [2.75, 3.05) is 13.2 Å². The van der Waals surface area contributed by atoms with Crippen LogP contribution in [-0.4, -0.2) is 30.1 Å². The molecule has 1 aromatic rings. The van der Waals surface area contributed by atoms with Gasteiger partial charge in [-0.15, -0.1) is 0 Å². The van der Waals surface area contributed by atoms with E-state index in [1.807, 2.05) is 0 Å². The number of pyridine rings is 1. The van der Waals surface area contributed by atoms with E-state index in [-0.39, 0.29) is 13.0 Å². The normalized spacial score (nSPS) is 9.76. The molecule has 0 aliphatic rings. The summed E-state index contributed by atoms with van der Waals surface area (Å²) in [4.78, 5) is 26.9. The summed E-state index contributed by atoms with van der Waals surface area (Å²) in [5.74, 6) is -0.878. The average molecular weight is 237 g/mol. The largest absolute Gasteiger partial charge is 0.466 e. The number of nitrogens with zero attached hydrogens (tertiary/aromatic N) is 1. The van der Waals surface area contributed by atoms with Crippen molar-refractivity contribution in [1.29, 1.82) is 0 Å². The first-order valence-electron chi connectivity index (χ1n) is 5.45. The Labute approximate surface area is 99.8 Å². The number of hydrogen-bond acceptors (Lipinski definition) is 5. The summed E-state index contributed by atoms with van der Waals surface area (Å²) in [6.45, 7) is 4.04. The van der Waals surface area contributed by atoms with Crippen LogP contribution in [0.4, 0.5) is 0 Å². The Balaban J connectivity index is 2.84. The minimum atomic E-state index is -0.472. The molecule has 1 rings (SSSR count). The van der Waals surface area contributed by atoms with Crippen molar-refractivity contribution >= 4 is 11.9 Å². The van der Waals surface area contributed by atoms with Gasteiger partial charge in [-0.2, -0.15) is 0 Å². The van der Waals surface area contributed by atoms with Crippen LogP contribution in [0, 0.1) is 0 Å². The number of esters is 2. The van der Waals surface area contributed by atoms with E-state index < -0.39 is 11.9 Å². The molecule has 0 aromatic carbocycles. The monoisotopic (exact) mass is 237 g/mol. The molecule has 92 valence electrons. The second-order valence-corrected chi connectivity index (χ2v) is 3.20. The molecule has 1 heterocycles. The van der Waals surface area contributed by atoms with Crippen LogP contribution in [0.15, 0.2) is 18.3 Å². The second kappa shape index (κ2) is 6.62. The lowest BCUT2D eigenvalue weighted by atomic mass is 10.1. The number of carbonyl (C=O) groups excluding carboxylic acids is 2. The van der Waals surface area contributed by atoms with Gasteiger partial charge in [-0.1, -0.05) is 0 Å². The smallest absolute Gasteiger partial charge is 0.339 e. The van der Waals surface area contributed by atoms with E-state index in [1.165, 1.54) is 6.20 Å². The highest BCUT2D eigenvalue weighted by Crippen LogP contribution is 2.08. The fraction of sp³-hybridized carbons (Fsp3) is 0.417. The van der Waals surface area contributed by atoms with E-state index in [0.717, 1.165) is 0 Å². The van der Waals surface area contributed by atoms with E-state index in [2.05, 4.69) is 4.98 Å². The van der Waals surface area contributed by atoms with Crippen molar-refractivity contribution in [1.82, 2.24) is 4.98 Å². The van der Waals surface area contributed by atoms with Crippen molar-refractivity contribution in [2.24, 2.45) is 0 Å². The maximum absolute atomic E-state index is 11.6. The van der Waals surface area contributed by atoms with Gasteiger partial charge in [-0.3, -0.25) is 9.78 Å². The summed E-state index contributed by atoms with van der Waals surface area (Å²) in [6.07, 6.45) is 1.50. The first kappa shape index (κ1) is 13.2. The minimum Gasteiger partial charge on any atom is -0.466 e. The van der Waals surface area contributed by atoms with Gasteiger partial charge in [0, 0.05) is 6.20 Å². The van der Waals surface area contributed by atoms with Gasteiger partial charge < -0.3 is 9.47 Å². The van der Waals surface area contributed by atoms with Gasteiger partial charge in [-0.05, 0) is 26.0 Å². The zero-order valence-electron chi connectivity index (χ0n) is 9.93. The molecule has 17 heavy (non-hydrogen) atoms. The molecule has 0 aliphatic carbocycles. The molecule has 0 spiro atoms. The van der Waals surface area contributed by atoms with Crippen molar-refractivity contribution in [3.63, 3.8) is 0 Å². The van der Waals surface area contributed by atoms with Gasteiger partial charge in [0.25, 0.3) is 0 Å². The molecule has 0 fully saturated rings. The lowest BCUT2D eigenvalue weighted by Crippen LogP contribution is -2.14. The maximum Gasteiger partial charge on any atom is 0.339 e. The average Bonchev–Trinajstić information content (AvgIpc) is 2.30. The van der Waals surface area contributed by atoms with Gasteiger partial charge in [0.2, 0.25) is 0 Å². The Morgan fingerprint density at radius 1 is 1.24 bits per heavy atom. The fourth-order valence-corrected chi connectivity index (χ4v) is 1.32. The summed E-state index contributed by atoms with van der Waals surface area (Å²) >= 11 is 0. The van der Waals surface area contributed by atoms with Crippen molar-refractivity contribution < 1.29 is 19.1 Å². The summed E-state index contributed by atoms with van der Waals surface area (Å²) in [7, 11) is 0. The van der Waals surface area contributed by atoms with Crippen LogP contribution in [0.1, 0.15) is 29.9 Å².